The number of amides is 3. The molecule has 3 unspecified atom stereocenters. The summed E-state index contributed by atoms with van der Waals surface area (Å²) in [5.41, 5.74) is -0.801. The third-order valence-electron chi connectivity index (χ3n) is 8.84. The standard InChI is InChI=1S/C37H37BrF3N5O10/c1-7-19(2)42-34-43-27-17-45(31(49)22-10-13-26(38)25(15-22)37(39,40)41)20(3)14-24(27)32(50)46(34)23-11-8-21(9-12-23)30(48)44(6)35(52)54-18-53-29(47)16-28-33(51)56-36(4,5)55-28/h7-13,15,19-20,28H,1,14,16-18H2,2-6H3,(H,42,43). The van der Waals surface area contributed by atoms with Crippen LogP contribution in [-0.2, 0) is 47.7 Å². The highest BCUT2D eigenvalue weighted by molar-refractivity contribution is 9.10. The minimum Gasteiger partial charge on any atom is -0.432 e. The molecule has 1 aromatic heterocycles. The molecule has 56 heavy (non-hydrogen) atoms. The van der Waals surface area contributed by atoms with Crippen LogP contribution in [0.5, 0.6) is 0 Å². The van der Waals surface area contributed by atoms with Gasteiger partial charge in [-0.25, -0.2) is 24.0 Å². The van der Waals surface area contributed by atoms with E-state index in [-0.39, 0.29) is 51.5 Å². The number of benzene rings is 2. The van der Waals surface area contributed by atoms with Crippen LogP contribution in [0.2, 0.25) is 0 Å². The Labute approximate surface area is 326 Å². The lowest BCUT2D eigenvalue weighted by molar-refractivity contribution is -0.162. The Balaban J connectivity index is 1.31. The maximum atomic E-state index is 14.1. The van der Waals surface area contributed by atoms with Crippen molar-refractivity contribution in [2.24, 2.45) is 0 Å². The van der Waals surface area contributed by atoms with Crippen molar-refractivity contribution in [3.8, 4) is 5.69 Å². The minimum absolute atomic E-state index is 0.0297. The van der Waals surface area contributed by atoms with Crippen LogP contribution in [0, 0.1) is 0 Å². The monoisotopic (exact) mass is 847 g/mol. The van der Waals surface area contributed by atoms with Crippen LogP contribution in [0.4, 0.5) is 23.9 Å². The summed E-state index contributed by atoms with van der Waals surface area (Å²) in [7, 11) is 1.14. The van der Waals surface area contributed by atoms with Crippen molar-refractivity contribution in [1.29, 1.82) is 0 Å². The molecule has 15 nitrogen and oxygen atoms in total. The zero-order chi connectivity index (χ0) is 41.3. The summed E-state index contributed by atoms with van der Waals surface area (Å²) in [6.07, 6.45) is -5.89. The zero-order valence-corrected chi connectivity index (χ0v) is 32.4. The van der Waals surface area contributed by atoms with Gasteiger partial charge in [-0.15, -0.1) is 6.58 Å². The van der Waals surface area contributed by atoms with Crippen molar-refractivity contribution in [2.45, 2.75) is 77.2 Å². The number of imide groups is 1. The van der Waals surface area contributed by atoms with Crippen LogP contribution in [0.15, 0.2) is 64.4 Å². The van der Waals surface area contributed by atoms with Crippen LogP contribution in [-0.4, -0.2) is 87.0 Å². The van der Waals surface area contributed by atoms with Crippen molar-refractivity contribution in [2.75, 3.05) is 19.2 Å². The molecule has 2 aromatic carbocycles. The van der Waals surface area contributed by atoms with E-state index in [1.807, 2.05) is 0 Å². The molecule has 1 saturated heterocycles. The molecule has 0 bridgehead atoms. The van der Waals surface area contributed by atoms with Gasteiger partial charge in [0.15, 0.2) is 6.10 Å². The average molecular weight is 849 g/mol. The van der Waals surface area contributed by atoms with Gasteiger partial charge in [0, 0.05) is 54.1 Å². The summed E-state index contributed by atoms with van der Waals surface area (Å²) in [6, 6.07) is 7.89. The fourth-order valence-corrected chi connectivity index (χ4v) is 6.37. The summed E-state index contributed by atoms with van der Waals surface area (Å²) < 4.78 is 61.9. The number of alkyl halides is 3. The van der Waals surface area contributed by atoms with E-state index < -0.39 is 84.3 Å². The largest absolute Gasteiger partial charge is 0.432 e. The maximum absolute atomic E-state index is 14.1. The molecule has 1 N–H and O–H groups in total. The second kappa shape index (κ2) is 16.3. The number of carbonyl (C=O) groups is 5. The molecule has 298 valence electrons. The number of carbonyl (C=O) groups excluding carboxylic acids is 5. The highest BCUT2D eigenvalue weighted by atomic mass is 79.9. The Morgan fingerprint density at radius 3 is 2.39 bits per heavy atom. The number of esters is 2. The first-order valence-electron chi connectivity index (χ1n) is 17.0. The zero-order valence-electron chi connectivity index (χ0n) is 30.8. The van der Waals surface area contributed by atoms with E-state index in [2.05, 4.69) is 32.8 Å². The summed E-state index contributed by atoms with van der Waals surface area (Å²) in [5, 5.41) is 3.09. The molecule has 0 spiro atoms. The number of nitrogens with one attached hydrogen (secondary N) is 1. The SMILES string of the molecule is C=CC(C)Nc1nc2c(c(=O)n1-c1ccc(C(=O)N(C)C(=O)OCOC(=O)CC3OC(C)(C)OC3=O)cc1)CC(C)N(C(=O)c1ccc(Br)c(C(F)(F)F)c1)C2. The van der Waals surface area contributed by atoms with Gasteiger partial charge in [0.1, 0.15) is 0 Å². The van der Waals surface area contributed by atoms with Crippen LogP contribution >= 0.6 is 15.9 Å². The molecule has 3 amide bonds. The highest BCUT2D eigenvalue weighted by Crippen LogP contribution is 2.36. The van der Waals surface area contributed by atoms with Gasteiger partial charge in [0.05, 0.1) is 29.9 Å². The lowest BCUT2D eigenvalue weighted by Crippen LogP contribution is -2.46. The van der Waals surface area contributed by atoms with E-state index in [4.69, 9.17) is 18.9 Å². The number of ether oxygens (including phenoxy) is 4. The number of hydrogen-bond donors (Lipinski definition) is 1. The molecule has 3 aromatic rings. The second-order valence-electron chi connectivity index (χ2n) is 13.4. The van der Waals surface area contributed by atoms with Gasteiger partial charge in [-0.1, -0.05) is 22.0 Å². The first kappa shape index (κ1) is 41.6. The molecule has 3 heterocycles. The lowest BCUT2D eigenvalue weighted by Gasteiger charge is -2.35. The highest BCUT2D eigenvalue weighted by Gasteiger charge is 2.42. The summed E-state index contributed by atoms with van der Waals surface area (Å²) in [6.45, 7) is 9.18. The predicted octanol–water partition coefficient (Wildman–Crippen LogP) is 5.36. The van der Waals surface area contributed by atoms with Gasteiger partial charge < -0.3 is 29.2 Å². The lowest BCUT2D eigenvalue weighted by atomic mass is 9.98. The molecule has 0 radical (unpaired) electrons. The van der Waals surface area contributed by atoms with Gasteiger partial charge in [0.2, 0.25) is 18.5 Å². The summed E-state index contributed by atoms with van der Waals surface area (Å²) >= 11 is 2.89. The Bertz CT molecular complexity index is 2140. The van der Waals surface area contributed by atoms with E-state index in [9.17, 15) is 41.9 Å². The summed E-state index contributed by atoms with van der Waals surface area (Å²) in [4.78, 5) is 84.0. The molecule has 0 aliphatic carbocycles. The number of nitrogens with zero attached hydrogens (tertiary/aromatic N) is 4. The second-order valence-corrected chi connectivity index (χ2v) is 14.3. The van der Waals surface area contributed by atoms with Crippen molar-refractivity contribution >= 4 is 51.7 Å². The van der Waals surface area contributed by atoms with Crippen molar-refractivity contribution in [3.63, 3.8) is 0 Å². The number of anilines is 1. The topological polar surface area (TPSA) is 176 Å². The van der Waals surface area contributed by atoms with Crippen molar-refractivity contribution < 1.29 is 56.1 Å². The van der Waals surface area contributed by atoms with Crippen LogP contribution in [0.1, 0.15) is 71.7 Å². The number of hydrogen-bond acceptors (Lipinski definition) is 12. The van der Waals surface area contributed by atoms with E-state index in [0.717, 1.165) is 19.2 Å². The Morgan fingerprint density at radius 1 is 1.12 bits per heavy atom. The third-order valence-corrected chi connectivity index (χ3v) is 9.54. The smallest absolute Gasteiger partial charge is 0.419 e. The van der Waals surface area contributed by atoms with Gasteiger partial charge in [-0.3, -0.25) is 19.2 Å². The summed E-state index contributed by atoms with van der Waals surface area (Å²) in [5.74, 6) is -4.23. The molecular formula is C37H37BrF3N5O10. The van der Waals surface area contributed by atoms with E-state index in [1.54, 1.807) is 19.9 Å². The van der Waals surface area contributed by atoms with Gasteiger partial charge in [-0.05, 0) is 62.7 Å². The van der Waals surface area contributed by atoms with Gasteiger partial charge in [0.25, 0.3) is 17.4 Å². The van der Waals surface area contributed by atoms with Crippen molar-refractivity contribution in [3.05, 3.63) is 97.9 Å². The Hall–Kier alpha value is -5.56. The number of fused-ring (bicyclic) bond motifs is 1. The minimum atomic E-state index is -4.69. The molecular weight excluding hydrogens is 811 g/mol. The Kier molecular flexibility index (Phi) is 12.1. The van der Waals surface area contributed by atoms with Gasteiger partial charge in [-0.2, -0.15) is 13.2 Å². The fourth-order valence-electron chi connectivity index (χ4n) is 5.90. The molecule has 0 saturated carbocycles. The van der Waals surface area contributed by atoms with Crippen molar-refractivity contribution in [1.82, 2.24) is 19.4 Å². The number of cyclic esters (lactones) is 1. The van der Waals surface area contributed by atoms with E-state index in [1.165, 1.54) is 53.6 Å². The predicted molar refractivity (Wildman–Crippen MR) is 194 cm³/mol. The number of aromatic nitrogens is 2. The molecule has 2 aliphatic heterocycles. The number of halogens is 4. The first-order chi connectivity index (χ1) is 26.2. The quantitative estimate of drug-likeness (QED) is 0.157. The molecule has 3 atom stereocenters. The number of rotatable bonds is 10. The van der Waals surface area contributed by atoms with Gasteiger partial charge >= 0.3 is 24.2 Å². The fraction of sp³-hybridized carbons (Fsp3) is 0.378. The molecule has 1 fully saturated rings. The maximum Gasteiger partial charge on any atom is 0.419 e. The van der Waals surface area contributed by atoms with E-state index in [0.29, 0.717) is 4.90 Å². The average Bonchev–Trinajstić information content (AvgIpc) is 3.40. The van der Waals surface area contributed by atoms with Crippen LogP contribution < -0.4 is 10.9 Å². The van der Waals surface area contributed by atoms with Crippen LogP contribution in [0.25, 0.3) is 5.69 Å². The Morgan fingerprint density at radius 2 is 1.79 bits per heavy atom. The first-order valence-corrected chi connectivity index (χ1v) is 17.8. The molecule has 19 heteroatoms. The van der Waals surface area contributed by atoms with Crippen LogP contribution in [0.3, 0.4) is 0 Å². The normalized spacial score (nSPS) is 17.9. The van der Waals surface area contributed by atoms with E-state index >= 15 is 0 Å². The molecule has 2 aliphatic rings. The molecule has 5 rings (SSSR count). The third kappa shape index (κ3) is 9.10.